The lowest BCUT2D eigenvalue weighted by molar-refractivity contribution is -0.0434. The van der Waals surface area contributed by atoms with Crippen LogP contribution in [0.3, 0.4) is 0 Å². The van der Waals surface area contributed by atoms with E-state index in [1.165, 1.54) is 0 Å². The molecule has 3 saturated heterocycles. The molecule has 0 saturated carbocycles. The molecule has 1 spiro atoms. The summed E-state index contributed by atoms with van der Waals surface area (Å²) in [6.45, 7) is 11.3. The van der Waals surface area contributed by atoms with E-state index >= 15 is 0 Å². The van der Waals surface area contributed by atoms with E-state index in [0.29, 0.717) is 18.4 Å². The molecule has 9 nitrogen and oxygen atoms in total. The van der Waals surface area contributed by atoms with E-state index in [4.69, 9.17) is 24.2 Å². The molecule has 0 atom stereocenters. The number of amides is 1. The number of nitrogens with zero attached hydrogens (tertiary/aromatic N) is 5. The summed E-state index contributed by atoms with van der Waals surface area (Å²) in [5.74, 6) is 1.58. The van der Waals surface area contributed by atoms with Crippen molar-refractivity contribution in [3.05, 3.63) is 50.0 Å². The zero-order valence-electron chi connectivity index (χ0n) is 25.9. The smallest absolute Gasteiger partial charge is 0.410 e. The molecule has 3 fully saturated rings. The maximum absolute atomic E-state index is 12.6. The predicted octanol–water partition coefficient (Wildman–Crippen LogP) is 6.89. The monoisotopic (exact) mass is 777 g/mol. The van der Waals surface area contributed by atoms with Crippen LogP contribution in [0, 0.1) is 8.99 Å². The van der Waals surface area contributed by atoms with E-state index in [-0.39, 0.29) is 17.6 Å². The third kappa shape index (κ3) is 7.04. The quantitative estimate of drug-likeness (QED) is 0.251. The standard InChI is InChI=1S/C33H41BrIN5O4/c1-32(2,3)44-31(41)40-20-33(21-40)12-16-39(17-13-33)29-24-18-25(35)26(34)28(42-19-22-8-6-5-7-9-22)27(24)36-30(37-29)43-23-10-14-38(4)15-11-23/h5-9,18,23H,10-17,19-21H2,1-4H3. The first-order valence-corrected chi connectivity index (χ1v) is 17.3. The number of rotatable bonds is 6. The van der Waals surface area contributed by atoms with Crippen LogP contribution >= 0.6 is 38.5 Å². The Morgan fingerprint density at radius 1 is 1.07 bits per heavy atom. The molecule has 2 aromatic carbocycles. The number of piperidine rings is 2. The van der Waals surface area contributed by atoms with Crippen LogP contribution in [0.5, 0.6) is 11.8 Å². The predicted molar refractivity (Wildman–Crippen MR) is 184 cm³/mol. The molecule has 236 valence electrons. The molecule has 1 aromatic heterocycles. The zero-order chi connectivity index (χ0) is 31.1. The second-order valence-electron chi connectivity index (χ2n) is 13.4. The summed E-state index contributed by atoms with van der Waals surface area (Å²) in [6.07, 6.45) is 3.71. The van der Waals surface area contributed by atoms with Crippen molar-refractivity contribution in [1.29, 1.82) is 0 Å². The van der Waals surface area contributed by atoms with Crippen LogP contribution in [0.4, 0.5) is 10.6 Å². The largest absolute Gasteiger partial charge is 0.485 e. The maximum atomic E-state index is 12.6. The Bertz CT molecular complexity index is 1490. The highest BCUT2D eigenvalue weighted by Crippen LogP contribution is 2.45. The summed E-state index contributed by atoms with van der Waals surface area (Å²) < 4.78 is 20.5. The van der Waals surface area contributed by atoms with Gasteiger partial charge >= 0.3 is 12.1 Å². The minimum absolute atomic E-state index is 0.0796. The third-order valence-corrected chi connectivity index (χ3v) is 11.2. The van der Waals surface area contributed by atoms with Crippen molar-refractivity contribution in [3.63, 3.8) is 0 Å². The highest BCUT2D eigenvalue weighted by atomic mass is 127. The average Bonchev–Trinajstić information content (AvgIpc) is 2.97. The molecule has 0 unspecified atom stereocenters. The zero-order valence-corrected chi connectivity index (χ0v) is 29.7. The van der Waals surface area contributed by atoms with E-state index in [2.05, 4.69) is 73.6 Å². The minimum atomic E-state index is -0.485. The van der Waals surface area contributed by atoms with Crippen LogP contribution in [0.25, 0.3) is 10.9 Å². The SMILES string of the molecule is CN1CCC(Oc2nc(N3CCC4(CC3)CN(C(=O)OC(C)(C)C)C4)c3cc(I)c(Br)c(OCc4ccccc4)c3n2)CC1. The van der Waals surface area contributed by atoms with Gasteiger partial charge in [0.2, 0.25) is 0 Å². The van der Waals surface area contributed by atoms with E-state index in [1.807, 2.05) is 43.9 Å². The molecule has 11 heteroatoms. The van der Waals surface area contributed by atoms with Gasteiger partial charge in [-0.2, -0.15) is 9.97 Å². The van der Waals surface area contributed by atoms with Crippen molar-refractivity contribution in [2.75, 3.05) is 51.2 Å². The van der Waals surface area contributed by atoms with Gasteiger partial charge in [0.05, 0.1) is 4.47 Å². The fourth-order valence-corrected chi connectivity index (χ4v) is 7.25. The Morgan fingerprint density at radius 3 is 2.41 bits per heavy atom. The lowest BCUT2D eigenvalue weighted by atomic mass is 9.72. The van der Waals surface area contributed by atoms with Gasteiger partial charge < -0.3 is 28.9 Å². The van der Waals surface area contributed by atoms with Gasteiger partial charge in [-0.25, -0.2) is 4.79 Å². The molecule has 0 aliphatic carbocycles. The highest BCUT2D eigenvalue weighted by Gasteiger charge is 2.48. The van der Waals surface area contributed by atoms with Crippen LogP contribution in [0.15, 0.2) is 40.9 Å². The fourth-order valence-electron chi connectivity index (χ4n) is 6.28. The number of halogens is 2. The summed E-state index contributed by atoms with van der Waals surface area (Å²) >= 11 is 6.14. The van der Waals surface area contributed by atoms with Crippen LogP contribution in [-0.4, -0.2) is 83.9 Å². The van der Waals surface area contributed by atoms with Crippen molar-refractivity contribution >= 4 is 61.3 Å². The first-order chi connectivity index (χ1) is 21.0. The number of hydrogen-bond donors (Lipinski definition) is 0. The minimum Gasteiger partial charge on any atom is -0.485 e. The molecule has 0 N–H and O–H groups in total. The number of benzene rings is 2. The van der Waals surface area contributed by atoms with E-state index < -0.39 is 5.60 Å². The van der Waals surface area contributed by atoms with E-state index in [0.717, 1.165) is 95.3 Å². The van der Waals surface area contributed by atoms with Gasteiger partial charge in [0.25, 0.3) is 0 Å². The first kappa shape index (κ1) is 31.6. The van der Waals surface area contributed by atoms with Gasteiger partial charge in [-0.05, 0) is 104 Å². The Balaban J connectivity index is 1.27. The maximum Gasteiger partial charge on any atom is 0.410 e. The van der Waals surface area contributed by atoms with Crippen molar-refractivity contribution < 1.29 is 19.0 Å². The normalized spacial score (nSPS) is 19.2. The van der Waals surface area contributed by atoms with Gasteiger partial charge in [-0.3, -0.25) is 0 Å². The summed E-state index contributed by atoms with van der Waals surface area (Å²) in [7, 11) is 2.15. The second kappa shape index (κ2) is 12.8. The molecule has 0 radical (unpaired) electrons. The summed E-state index contributed by atoms with van der Waals surface area (Å²) in [5, 5.41) is 0.955. The Kier molecular flexibility index (Phi) is 9.18. The van der Waals surface area contributed by atoms with Crippen molar-refractivity contribution in [3.8, 4) is 11.8 Å². The molecule has 3 aromatic rings. The van der Waals surface area contributed by atoms with Gasteiger partial charge in [-0.1, -0.05) is 30.3 Å². The molecule has 1 amide bonds. The molecule has 4 heterocycles. The van der Waals surface area contributed by atoms with Crippen molar-refractivity contribution in [2.45, 2.75) is 64.8 Å². The summed E-state index contributed by atoms with van der Waals surface area (Å²) in [6, 6.07) is 12.7. The fraction of sp³-hybridized carbons (Fsp3) is 0.545. The van der Waals surface area contributed by atoms with E-state index in [9.17, 15) is 4.79 Å². The highest BCUT2D eigenvalue weighted by molar-refractivity contribution is 14.1. The molecule has 3 aliphatic heterocycles. The van der Waals surface area contributed by atoms with Crippen LogP contribution in [0.2, 0.25) is 0 Å². The molecule has 3 aliphatic rings. The lowest BCUT2D eigenvalue weighted by Gasteiger charge is -2.53. The van der Waals surface area contributed by atoms with Crippen LogP contribution in [-0.2, 0) is 11.3 Å². The Labute approximate surface area is 281 Å². The number of carbonyl (C=O) groups excluding carboxylic acids is 1. The number of ether oxygens (including phenoxy) is 3. The average molecular weight is 779 g/mol. The lowest BCUT2D eigenvalue weighted by Crippen LogP contribution is -2.62. The first-order valence-electron chi connectivity index (χ1n) is 15.4. The van der Waals surface area contributed by atoms with Crippen molar-refractivity contribution in [1.82, 2.24) is 19.8 Å². The summed E-state index contributed by atoms with van der Waals surface area (Å²) in [5.41, 5.74) is 1.48. The van der Waals surface area contributed by atoms with E-state index in [1.54, 1.807) is 0 Å². The molecule has 44 heavy (non-hydrogen) atoms. The Morgan fingerprint density at radius 2 is 1.75 bits per heavy atom. The van der Waals surface area contributed by atoms with Gasteiger partial charge in [0, 0.05) is 53.6 Å². The van der Waals surface area contributed by atoms with Crippen LogP contribution < -0.4 is 14.4 Å². The van der Waals surface area contributed by atoms with Gasteiger partial charge in [0.1, 0.15) is 29.6 Å². The third-order valence-electron chi connectivity index (χ3n) is 8.79. The van der Waals surface area contributed by atoms with Crippen LogP contribution in [0.1, 0.15) is 52.0 Å². The van der Waals surface area contributed by atoms with Gasteiger partial charge in [0.15, 0.2) is 5.75 Å². The number of likely N-dealkylation sites (tertiary alicyclic amines) is 2. The molecule has 6 rings (SSSR count). The number of aromatic nitrogens is 2. The number of fused-ring (bicyclic) bond motifs is 1. The second-order valence-corrected chi connectivity index (χ2v) is 15.4. The molecular formula is C33H41BrIN5O4. The molecule has 0 bridgehead atoms. The Hall–Kier alpha value is -2.38. The molecular weight excluding hydrogens is 737 g/mol. The van der Waals surface area contributed by atoms with Gasteiger partial charge in [-0.15, -0.1) is 0 Å². The number of hydrogen-bond acceptors (Lipinski definition) is 8. The number of anilines is 1. The topological polar surface area (TPSA) is 80.3 Å². The summed E-state index contributed by atoms with van der Waals surface area (Å²) in [4.78, 5) is 29.2. The van der Waals surface area contributed by atoms with Crippen molar-refractivity contribution in [2.24, 2.45) is 5.41 Å². The number of carbonyl (C=O) groups is 1.